The third-order valence-electron chi connectivity index (χ3n) is 4.46. The quantitative estimate of drug-likeness (QED) is 0.771. The van der Waals surface area contributed by atoms with Crippen molar-refractivity contribution in [1.82, 2.24) is 14.9 Å². The van der Waals surface area contributed by atoms with Crippen LogP contribution in [0.1, 0.15) is 42.5 Å². The zero-order chi connectivity index (χ0) is 15.0. The second-order valence-corrected chi connectivity index (χ2v) is 7.63. The molecule has 2 aromatic heterocycles. The molecule has 114 valence electrons. The molecule has 3 nitrogen and oxygen atoms in total. The van der Waals surface area contributed by atoms with Crippen molar-refractivity contribution >= 4 is 33.2 Å². The van der Waals surface area contributed by atoms with Crippen LogP contribution in [0.3, 0.4) is 0 Å². The lowest BCUT2D eigenvalue weighted by Crippen LogP contribution is -2.21. The Bertz CT molecular complexity index is 652. The van der Waals surface area contributed by atoms with E-state index in [1.165, 1.54) is 36.2 Å². The Hall–Kier alpha value is -0.710. The number of likely N-dealkylation sites (tertiary alicyclic amines) is 1. The molecule has 3 heterocycles. The molecule has 0 saturated carbocycles. The number of hydrogen-bond donors (Lipinski definition) is 0. The summed E-state index contributed by atoms with van der Waals surface area (Å²) >= 11 is 8.10. The van der Waals surface area contributed by atoms with Gasteiger partial charge in [-0.05, 0) is 44.7 Å². The van der Waals surface area contributed by atoms with Crippen LogP contribution in [0.4, 0.5) is 0 Å². The van der Waals surface area contributed by atoms with E-state index in [1.54, 1.807) is 11.3 Å². The molecule has 0 amide bonds. The third kappa shape index (κ3) is 3.08. The molecule has 0 bridgehead atoms. The summed E-state index contributed by atoms with van der Waals surface area (Å²) in [6.07, 6.45) is 3.92. The number of aromatic nitrogens is 2. The van der Waals surface area contributed by atoms with E-state index in [1.807, 2.05) is 0 Å². The van der Waals surface area contributed by atoms with Crippen molar-refractivity contribution in [1.29, 1.82) is 0 Å². The van der Waals surface area contributed by atoms with E-state index < -0.39 is 0 Å². The zero-order valence-corrected chi connectivity index (χ0v) is 14.5. The van der Waals surface area contributed by atoms with Gasteiger partial charge in [0.2, 0.25) is 0 Å². The number of thiophene rings is 1. The number of rotatable bonds is 4. The smallest absolute Gasteiger partial charge is 0.145 e. The van der Waals surface area contributed by atoms with Crippen molar-refractivity contribution in [2.75, 3.05) is 13.1 Å². The van der Waals surface area contributed by atoms with Gasteiger partial charge in [0, 0.05) is 11.4 Å². The average Bonchev–Trinajstić information content (AvgIpc) is 2.96. The van der Waals surface area contributed by atoms with Crippen molar-refractivity contribution < 1.29 is 0 Å². The Morgan fingerprint density at radius 1 is 1.33 bits per heavy atom. The van der Waals surface area contributed by atoms with Crippen LogP contribution < -0.4 is 0 Å². The number of hydrogen-bond acceptors (Lipinski definition) is 4. The maximum absolute atomic E-state index is 6.38. The first-order chi connectivity index (χ1) is 10.1. The fraction of sp³-hybridized carbons (Fsp3) is 0.625. The first-order valence-corrected chi connectivity index (χ1v) is 8.92. The first kappa shape index (κ1) is 15.2. The van der Waals surface area contributed by atoms with E-state index in [4.69, 9.17) is 16.6 Å². The Labute approximate surface area is 135 Å². The van der Waals surface area contributed by atoms with E-state index in [0.29, 0.717) is 5.15 Å². The minimum absolute atomic E-state index is 0.612. The van der Waals surface area contributed by atoms with Gasteiger partial charge in [0.05, 0.1) is 11.9 Å². The lowest BCUT2D eigenvalue weighted by atomic mass is 10.0. The van der Waals surface area contributed by atoms with Crippen molar-refractivity contribution in [2.45, 2.75) is 46.6 Å². The molecule has 0 aromatic carbocycles. The summed E-state index contributed by atoms with van der Waals surface area (Å²) < 4.78 is 0. The lowest BCUT2D eigenvalue weighted by Gasteiger charge is -2.15. The molecule has 0 spiro atoms. The summed E-state index contributed by atoms with van der Waals surface area (Å²) in [4.78, 5) is 14.0. The van der Waals surface area contributed by atoms with Gasteiger partial charge >= 0.3 is 0 Å². The Morgan fingerprint density at radius 2 is 2.14 bits per heavy atom. The van der Waals surface area contributed by atoms with Crippen LogP contribution in [0.5, 0.6) is 0 Å². The molecule has 21 heavy (non-hydrogen) atoms. The Morgan fingerprint density at radius 3 is 2.90 bits per heavy atom. The minimum atomic E-state index is 0.612. The highest BCUT2D eigenvalue weighted by molar-refractivity contribution is 7.18. The second-order valence-electron chi connectivity index (χ2n) is 6.07. The molecule has 1 fully saturated rings. The summed E-state index contributed by atoms with van der Waals surface area (Å²) in [6, 6.07) is 0. The van der Waals surface area contributed by atoms with Crippen LogP contribution in [-0.2, 0) is 6.54 Å². The SMILES string of the molecule is CCCC1CCN(Cc2nc(Cl)c3c(C)c(C)sc3n2)C1. The van der Waals surface area contributed by atoms with Crippen LogP contribution >= 0.6 is 22.9 Å². The van der Waals surface area contributed by atoms with Crippen LogP contribution in [0.25, 0.3) is 10.2 Å². The van der Waals surface area contributed by atoms with Gasteiger partial charge in [-0.2, -0.15) is 0 Å². The van der Waals surface area contributed by atoms with Crippen molar-refractivity contribution in [2.24, 2.45) is 5.92 Å². The standard InChI is InChI=1S/C16H22ClN3S/c1-4-5-12-6-7-20(8-12)9-13-18-15(17)14-10(2)11(3)21-16(14)19-13/h12H,4-9H2,1-3H3. The highest BCUT2D eigenvalue weighted by atomic mass is 35.5. The van der Waals surface area contributed by atoms with E-state index in [2.05, 4.69) is 30.7 Å². The van der Waals surface area contributed by atoms with Crippen molar-refractivity contribution in [3.8, 4) is 0 Å². The second kappa shape index (κ2) is 6.19. The molecule has 1 aliphatic heterocycles. The van der Waals surface area contributed by atoms with Gasteiger partial charge in [0.1, 0.15) is 15.8 Å². The highest BCUT2D eigenvalue weighted by Crippen LogP contribution is 2.33. The van der Waals surface area contributed by atoms with Crippen LogP contribution in [-0.4, -0.2) is 28.0 Å². The number of nitrogens with zero attached hydrogens (tertiary/aromatic N) is 3. The summed E-state index contributed by atoms with van der Waals surface area (Å²) in [7, 11) is 0. The molecule has 1 unspecified atom stereocenters. The number of aryl methyl sites for hydroxylation is 2. The van der Waals surface area contributed by atoms with E-state index in [-0.39, 0.29) is 0 Å². The van der Waals surface area contributed by atoms with E-state index in [9.17, 15) is 0 Å². The molecule has 1 aliphatic rings. The fourth-order valence-electron chi connectivity index (χ4n) is 3.21. The van der Waals surface area contributed by atoms with Gasteiger partial charge in [0.15, 0.2) is 0 Å². The third-order valence-corrected chi connectivity index (χ3v) is 5.84. The van der Waals surface area contributed by atoms with Gasteiger partial charge < -0.3 is 0 Å². The lowest BCUT2D eigenvalue weighted by molar-refractivity contribution is 0.305. The molecule has 0 aliphatic carbocycles. The predicted molar refractivity (Wildman–Crippen MR) is 90.2 cm³/mol. The maximum Gasteiger partial charge on any atom is 0.145 e. The fourth-order valence-corrected chi connectivity index (χ4v) is 4.65. The summed E-state index contributed by atoms with van der Waals surface area (Å²) in [5.74, 6) is 1.71. The summed E-state index contributed by atoms with van der Waals surface area (Å²) in [6.45, 7) is 9.64. The first-order valence-electron chi connectivity index (χ1n) is 7.73. The van der Waals surface area contributed by atoms with Gasteiger partial charge in [0.25, 0.3) is 0 Å². The molecule has 0 N–H and O–H groups in total. The normalized spacial score (nSPS) is 19.7. The van der Waals surface area contributed by atoms with Crippen LogP contribution in [0, 0.1) is 19.8 Å². The molecular formula is C16H22ClN3S. The number of fused-ring (bicyclic) bond motifs is 1. The predicted octanol–water partition coefficient (Wildman–Crippen LogP) is 4.58. The molecule has 5 heteroatoms. The molecule has 3 rings (SSSR count). The highest BCUT2D eigenvalue weighted by Gasteiger charge is 2.23. The molecular weight excluding hydrogens is 302 g/mol. The van der Waals surface area contributed by atoms with Crippen LogP contribution in [0.15, 0.2) is 0 Å². The zero-order valence-electron chi connectivity index (χ0n) is 12.9. The van der Waals surface area contributed by atoms with Gasteiger partial charge in [-0.3, -0.25) is 4.90 Å². The molecule has 0 radical (unpaired) electrons. The van der Waals surface area contributed by atoms with Crippen LogP contribution in [0.2, 0.25) is 5.15 Å². The number of halogens is 1. The monoisotopic (exact) mass is 323 g/mol. The van der Waals surface area contributed by atoms with E-state index >= 15 is 0 Å². The topological polar surface area (TPSA) is 29.0 Å². The Balaban J connectivity index is 1.79. The summed E-state index contributed by atoms with van der Waals surface area (Å²) in [5, 5.41) is 1.65. The average molecular weight is 324 g/mol. The van der Waals surface area contributed by atoms with Gasteiger partial charge in [-0.1, -0.05) is 24.9 Å². The summed E-state index contributed by atoms with van der Waals surface area (Å²) in [5.41, 5.74) is 1.22. The molecule has 2 aromatic rings. The van der Waals surface area contributed by atoms with Crippen molar-refractivity contribution in [3.05, 3.63) is 21.4 Å². The maximum atomic E-state index is 6.38. The Kier molecular flexibility index (Phi) is 4.48. The van der Waals surface area contributed by atoms with E-state index in [0.717, 1.165) is 35.0 Å². The van der Waals surface area contributed by atoms with Gasteiger partial charge in [-0.25, -0.2) is 9.97 Å². The minimum Gasteiger partial charge on any atom is -0.296 e. The largest absolute Gasteiger partial charge is 0.296 e. The molecule has 1 atom stereocenters. The molecule has 1 saturated heterocycles. The van der Waals surface area contributed by atoms with Crippen molar-refractivity contribution in [3.63, 3.8) is 0 Å². The van der Waals surface area contributed by atoms with Gasteiger partial charge in [-0.15, -0.1) is 11.3 Å².